The number of aromatic nitrogens is 1. The van der Waals surface area contributed by atoms with Crippen LogP contribution in [0.3, 0.4) is 0 Å². The van der Waals surface area contributed by atoms with E-state index >= 15 is 0 Å². The normalized spacial score (nSPS) is 11.7. The lowest BCUT2D eigenvalue weighted by Gasteiger charge is -2.18. The van der Waals surface area contributed by atoms with E-state index < -0.39 is 5.91 Å². The van der Waals surface area contributed by atoms with Crippen LogP contribution in [0.2, 0.25) is 0 Å². The van der Waals surface area contributed by atoms with Gasteiger partial charge in [-0.15, -0.1) is 0 Å². The van der Waals surface area contributed by atoms with Gasteiger partial charge in [-0.2, -0.15) is 10.2 Å². The smallest absolute Gasteiger partial charge is 0.301 e. The summed E-state index contributed by atoms with van der Waals surface area (Å²) in [5, 5.41) is 28.1. The van der Waals surface area contributed by atoms with Gasteiger partial charge < -0.3 is 14.8 Å². The number of phenols is 1. The molecule has 192 valence electrons. The predicted octanol–water partition coefficient (Wildman–Crippen LogP) is 5.40. The minimum atomic E-state index is -0.483. The number of anilines is 3. The molecule has 5 rings (SSSR count). The number of fused-ring (bicyclic) bond motifs is 2. The number of phenolic OH excluding ortho intramolecular Hbond substituents is 1. The molecule has 0 bridgehead atoms. The number of nitrogens with one attached hydrogen (secondary N) is 4. The molecule has 0 aliphatic rings. The van der Waals surface area contributed by atoms with Gasteiger partial charge >= 0.3 is 6.01 Å². The SMILES string of the molecule is CN=C/C(C#N)=C(/NNc1c(O)c(C(=O)Nc2ccccc2)cc2ccccc12)Nc1nc2ccccc2o1. The van der Waals surface area contributed by atoms with Gasteiger partial charge in [0.25, 0.3) is 5.91 Å². The van der Waals surface area contributed by atoms with Crippen LogP contribution in [0.1, 0.15) is 10.4 Å². The molecule has 10 nitrogen and oxygen atoms in total. The van der Waals surface area contributed by atoms with Crippen LogP contribution in [-0.2, 0) is 0 Å². The first-order valence-electron chi connectivity index (χ1n) is 11.9. The highest BCUT2D eigenvalue weighted by atomic mass is 16.4. The summed E-state index contributed by atoms with van der Waals surface area (Å²) >= 11 is 0. The van der Waals surface area contributed by atoms with E-state index in [0.29, 0.717) is 27.6 Å². The highest BCUT2D eigenvalue weighted by molar-refractivity contribution is 6.12. The molecule has 5 N–H and O–H groups in total. The van der Waals surface area contributed by atoms with Gasteiger partial charge in [0, 0.05) is 24.3 Å². The number of rotatable bonds is 8. The average Bonchev–Trinajstić information content (AvgIpc) is 3.37. The maximum atomic E-state index is 13.1. The lowest BCUT2D eigenvalue weighted by atomic mass is 10.0. The molecular formula is C29H23N7O3. The molecule has 1 aromatic heterocycles. The molecule has 0 fully saturated rings. The summed E-state index contributed by atoms with van der Waals surface area (Å²) in [7, 11) is 1.54. The van der Waals surface area contributed by atoms with Crippen molar-refractivity contribution in [3.8, 4) is 11.8 Å². The number of aliphatic imine (C=N–C) groups is 1. The highest BCUT2D eigenvalue weighted by Crippen LogP contribution is 2.36. The summed E-state index contributed by atoms with van der Waals surface area (Å²) in [6.45, 7) is 0. The number of nitrogens with zero attached hydrogens (tertiary/aromatic N) is 3. The molecule has 10 heteroatoms. The third-order valence-electron chi connectivity index (χ3n) is 5.78. The van der Waals surface area contributed by atoms with Crippen molar-refractivity contribution in [3.63, 3.8) is 0 Å². The number of carbonyl (C=O) groups excluding carboxylic acids is 1. The molecule has 1 amide bonds. The minimum absolute atomic E-state index is 0.0647. The summed E-state index contributed by atoms with van der Waals surface area (Å²) in [4.78, 5) is 21.5. The molecule has 0 aliphatic carbocycles. The number of oxazole rings is 1. The minimum Gasteiger partial charge on any atom is -0.505 e. The maximum Gasteiger partial charge on any atom is 0.301 e. The van der Waals surface area contributed by atoms with Crippen LogP contribution in [0.15, 0.2) is 106 Å². The van der Waals surface area contributed by atoms with Crippen molar-refractivity contribution in [1.29, 1.82) is 5.26 Å². The second-order valence-corrected chi connectivity index (χ2v) is 8.34. The zero-order chi connectivity index (χ0) is 27.2. The second kappa shape index (κ2) is 11.1. The number of hydrogen-bond donors (Lipinski definition) is 5. The van der Waals surface area contributed by atoms with E-state index in [0.717, 1.165) is 0 Å². The summed E-state index contributed by atoms with van der Waals surface area (Å²) in [5.74, 6) is -0.598. The third-order valence-corrected chi connectivity index (χ3v) is 5.78. The van der Waals surface area contributed by atoms with Crippen molar-refractivity contribution in [2.45, 2.75) is 0 Å². The van der Waals surface area contributed by atoms with Crippen molar-refractivity contribution in [2.24, 2.45) is 4.99 Å². The molecule has 4 aromatic carbocycles. The number of amides is 1. The fraction of sp³-hybridized carbons (Fsp3) is 0.0345. The van der Waals surface area contributed by atoms with Crippen LogP contribution in [0, 0.1) is 11.3 Å². The Morgan fingerprint density at radius 3 is 2.54 bits per heavy atom. The summed E-state index contributed by atoms with van der Waals surface area (Å²) in [6.07, 6.45) is 1.36. The van der Waals surface area contributed by atoms with Gasteiger partial charge in [0.1, 0.15) is 28.7 Å². The standard InChI is InChI=1S/C29H23N7O3/c1-31-17-19(16-30)27(34-29-33-23-13-7-8-14-24(23)39-29)36-35-25-21-12-6-5-9-18(21)15-22(26(25)37)28(38)32-20-10-3-2-4-11-20/h2-15,17,35-37H,1H3,(H,32,38)(H,33,34)/b27-19+,31-17?. The van der Waals surface area contributed by atoms with Crippen LogP contribution < -0.4 is 21.5 Å². The number of allylic oxidation sites excluding steroid dienone is 1. The monoisotopic (exact) mass is 517 g/mol. The van der Waals surface area contributed by atoms with Gasteiger partial charge in [-0.05, 0) is 35.7 Å². The predicted molar refractivity (Wildman–Crippen MR) is 151 cm³/mol. The van der Waals surface area contributed by atoms with Crippen molar-refractivity contribution < 1.29 is 14.3 Å². The first kappa shape index (κ1) is 24.9. The number of hydrazine groups is 1. The number of benzene rings is 4. The van der Waals surface area contributed by atoms with Gasteiger partial charge in [-0.3, -0.25) is 26.0 Å². The van der Waals surface area contributed by atoms with Crippen LogP contribution in [-0.4, -0.2) is 29.3 Å². The van der Waals surface area contributed by atoms with E-state index in [2.05, 4.69) is 37.5 Å². The Morgan fingerprint density at radius 2 is 1.77 bits per heavy atom. The fourth-order valence-electron chi connectivity index (χ4n) is 3.96. The molecule has 5 aromatic rings. The largest absolute Gasteiger partial charge is 0.505 e. The zero-order valence-corrected chi connectivity index (χ0v) is 20.8. The first-order chi connectivity index (χ1) is 19.1. The Balaban J connectivity index is 1.50. The summed E-state index contributed by atoms with van der Waals surface area (Å²) in [6, 6.07) is 27.3. The van der Waals surface area contributed by atoms with E-state index in [1.165, 1.54) is 13.3 Å². The molecular weight excluding hydrogens is 494 g/mol. The van der Waals surface area contributed by atoms with Gasteiger partial charge in [0.15, 0.2) is 11.3 Å². The molecule has 0 spiro atoms. The van der Waals surface area contributed by atoms with Gasteiger partial charge in [0.2, 0.25) is 0 Å². The van der Waals surface area contributed by atoms with E-state index in [1.807, 2.05) is 36.4 Å². The molecule has 0 unspecified atom stereocenters. The van der Waals surface area contributed by atoms with Crippen LogP contribution >= 0.6 is 0 Å². The number of nitriles is 1. The Bertz CT molecular complexity index is 1740. The molecule has 0 saturated carbocycles. The first-order valence-corrected chi connectivity index (χ1v) is 11.9. The quantitative estimate of drug-likeness (QED) is 0.0795. The number of aromatic hydroxyl groups is 1. The number of hydrogen-bond acceptors (Lipinski definition) is 9. The maximum absolute atomic E-state index is 13.1. The fourth-order valence-corrected chi connectivity index (χ4v) is 3.96. The third kappa shape index (κ3) is 5.33. The summed E-state index contributed by atoms with van der Waals surface area (Å²) < 4.78 is 5.74. The average molecular weight is 518 g/mol. The van der Waals surface area contributed by atoms with E-state index in [-0.39, 0.29) is 34.4 Å². The Hall–Kier alpha value is -5.82. The van der Waals surface area contributed by atoms with Gasteiger partial charge in [0.05, 0.1) is 5.56 Å². The summed E-state index contributed by atoms with van der Waals surface area (Å²) in [5.41, 5.74) is 8.11. The Morgan fingerprint density at radius 1 is 1.03 bits per heavy atom. The van der Waals surface area contributed by atoms with Crippen molar-refractivity contribution in [1.82, 2.24) is 10.4 Å². The Kier molecular flexibility index (Phi) is 7.05. The zero-order valence-electron chi connectivity index (χ0n) is 20.8. The van der Waals surface area contributed by atoms with Crippen LogP contribution in [0.25, 0.3) is 21.9 Å². The van der Waals surface area contributed by atoms with E-state index in [9.17, 15) is 15.2 Å². The van der Waals surface area contributed by atoms with Crippen LogP contribution in [0.5, 0.6) is 5.75 Å². The molecule has 0 aliphatic heterocycles. The topological polar surface area (TPSA) is 148 Å². The Labute approximate surface area is 223 Å². The van der Waals surface area contributed by atoms with Gasteiger partial charge in [-0.25, -0.2) is 0 Å². The highest BCUT2D eigenvalue weighted by Gasteiger charge is 2.19. The molecule has 39 heavy (non-hydrogen) atoms. The molecule has 0 radical (unpaired) electrons. The molecule has 0 saturated heterocycles. The van der Waals surface area contributed by atoms with Crippen LogP contribution in [0.4, 0.5) is 17.4 Å². The number of carbonyl (C=O) groups is 1. The lowest BCUT2D eigenvalue weighted by molar-refractivity contribution is 0.102. The molecule has 0 atom stereocenters. The van der Waals surface area contributed by atoms with Crippen molar-refractivity contribution >= 4 is 51.4 Å². The molecule has 1 heterocycles. The van der Waals surface area contributed by atoms with Crippen molar-refractivity contribution in [2.75, 3.05) is 23.1 Å². The van der Waals surface area contributed by atoms with E-state index in [4.69, 9.17) is 4.42 Å². The van der Waals surface area contributed by atoms with Gasteiger partial charge in [-0.1, -0.05) is 54.6 Å². The second-order valence-electron chi connectivity index (χ2n) is 8.34. The lowest BCUT2D eigenvalue weighted by Crippen LogP contribution is -2.28. The van der Waals surface area contributed by atoms with Crippen molar-refractivity contribution in [3.05, 3.63) is 102 Å². The number of para-hydroxylation sites is 3. The van der Waals surface area contributed by atoms with E-state index in [1.54, 1.807) is 48.5 Å².